The lowest BCUT2D eigenvalue weighted by Gasteiger charge is -2.22. The van der Waals surface area contributed by atoms with E-state index in [4.69, 9.17) is 14.6 Å². The molecule has 0 atom stereocenters. The van der Waals surface area contributed by atoms with Crippen LogP contribution in [0.25, 0.3) is 0 Å². The number of nitrogens with zero attached hydrogens (tertiary/aromatic N) is 1. The topological polar surface area (TPSA) is 41.9 Å². The first kappa shape index (κ1) is 17.7. The minimum atomic E-state index is 0.100. The third-order valence-electron chi connectivity index (χ3n) is 3.09. The molecule has 21 heavy (non-hydrogen) atoms. The highest BCUT2D eigenvalue weighted by molar-refractivity contribution is 5.41. The van der Waals surface area contributed by atoms with Crippen LogP contribution in [0.15, 0.2) is 24.3 Å². The molecular weight excluding hydrogens is 266 g/mol. The number of aliphatic hydroxyl groups is 1. The molecule has 0 bridgehead atoms. The second-order valence-corrected chi connectivity index (χ2v) is 4.69. The van der Waals surface area contributed by atoms with Gasteiger partial charge in [0.05, 0.1) is 19.8 Å². The summed E-state index contributed by atoms with van der Waals surface area (Å²) >= 11 is 0. The smallest absolute Gasteiger partial charge is 0.0589 e. The second-order valence-electron chi connectivity index (χ2n) is 4.69. The molecule has 0 fully saturated rings. The van der Waals surface area contributed by atoms with Crippen molar-refractivity contribution in [3.8, 4) is 11.8 Å². The molecule has 0 saturated carbocycles. The van der Waals surface area contributed by atoms with Crippen molar-refractivity contribution < 1.29 is 14.6 Å². The molecule has 0 spiro atoms. The minimum absolute atomic E-state index is 0.100. The van der Waals surface area contributed by atoms with Crippen LogP contribution in [-0.4, -0.2) is 57.1 Å². The molecule has 1 N–H and O–H groups in total. The van der Waals surface area contributed by atoms with Crippen LogP contribution in [0, 0.1) is 11.8 Å². The van der Waals surface area contributed by atoms with E-state index in [9.17, 15) is 0 Å². The molecule has 0 radical (unpaired) electrons. The van der Waals surface area contributed by atoms with Gasteiger partial charge in [0.25, 0.3) is 0 Å². The SMILES string of the molecule is COCCN(CCOC)Cc1ccccc1C#CCCO. The third-order valence-corrected chi connectivity index (χ3v) is 3.09. The van der Waals surface area contributed by atoms with Gasteiger partial charge < -0.3 is 14.6 Å². The first-order chi connectivity index (χ1) is 10.3. The Labute approximate surface area is 127 Å². The van der Waals surface area contributed by atoms with Crippen LogP contribution in [0.2, 0.25) is 0 Å². The van der Waals surface area contributed by atoms with Gasteiger partial charge in [-0.05, 0) is 11.6 Å². The lowest BCUT2D eigenvalue weighted by Crippen LogP contribution is -2.30. The molecule has 4 heteroatoms. The fourth-order valence-corrected chi connectivity index (χ4v) is 1.95. The maximum Gasteiger partial charge on any atom is 0.0589 e. The first-order valence-electron chi connectivity index (χ1n) is 7.19. The van der Waals surface area contributed by atoms with Crippen molar-refractivity contribution in [3.05, 3.63) is 35.4 Å². The number of aliphatic hydroxyl groups excluding tert-OH is 1. The van der Waals surface area contributed by atoms with Gasteiger partial charge >= 0.3 is 0 Å². The Balaban J connectivity index is 2.75. The molecule has 0 unspecified atom stereocenters. The Kier molecular flexibility index (Phi) is 9.51. The predicted molar refractivity (Wildman–Crippen MR) is 84.1 cm³/mol. The molecule has 4 nitrogen and oxygen atoms in total. The summed E-state index contributed by atoms with van der Waals surface area (Å²) in [7, 11) is 3.42. The monoisotopic (exact) mass is 291 g/mol. The van der Waals surface area contributed by atoms with Crippen molar-refractivity contribution in [2.24, 2.45) is 0 Å². The van der Waals surface area contributed by atoms with Crippen LogP contribution in [0.5, 0.6) is 0 Å². The number of methoxy groups -OCH3 is 2. The average Bonchev–Trinajstić information content (AvgIpc) is 2.51. The van der Waals surface area contributed by atoms with Crippen molar-refractivity contribution in [3.63, 3.8) is 0 Å². The highest BCUT2D eigenvalue weighted by Crippen LogP contribution is 2.11. The zero-order valence-electron chi connectivity index (χ0n) is 13.0. The molecular formula is C17H25NO3. The maximum absolute atomic E-state index is 8.81. The molecule has 0 saturated heterocycles. The van der Waals surface area contributed by atoms with Gasteiger partial charge in [-0.3, -0.25) is 4.90 Å². The van der Waals surface area contributed by atoms with E-state index >= 15 is 0 Å². The van der Waals surface area contributed by atoms with Gasteiger partial charge in [0.1, 0.15) is 0 Å². The molecule has 0 aliphatic heterocycles. The predicted octanol–water partition coefficient (Wildman–Crippen LogP) is 1.52. The lowest BCUT2D eigenvalue weighted by molar-refractivity contribution is 0.110. The summed E-state index contributed by atoms with van der Waals surface area (Å²) in [5.74, 6) is 6.12. The number of hydrogen-bond donors (Lipinski definition) is 1. The van der Waals surface area contributed by atoms with E-state index in [1.54, 1.807) is 14.2 Å². The summed E-state index contributed by atoms with van der Waals surface area (Å²) in [6.45, 7) is 4.03. The summed E-state index contributed by atoms with van der Waals surface area (Å²) in [4.78, 5) is 2.29. The lowest BCUT2D eigenvalue weighted by atomic mass is 10.1. The highest BCUT2D eigenvalue weighted by Gasteiger charge is 2.08. The summed E-state index contributed by atoms with van der Waals surface area (Å²) < 4.78 is 10.3. The van der Waals surface area contributed by atoms with E-state index < -0.39 is 0 Å². The molecule has 0 heterocycles. The quantitative estimate of drug-likeness (QED) is 0.700. The minimum Gasteiger partial charge on any atom is -0.395 e. The van der Waals surface area contributed by atoms with Crippen molar-refractivity contribution in [1.82, 2.24) is 4.90 Å². The van der Waals surface area contributed by atoms with Gasteiger partial charge in [0.15, 0.2) is 0 Å². The van der Waals surface area contributed by atoms with E-state index in [0.29, 0.717) is 19.6 Å². The number of benzene rings is 1. The standard InChI is InChI=1S/C17H25NO3/c1-20-13-10-18(11-14-21-2)15-17-9-4-3-7-16(17)8-5-6-12-19/h3-4,7,9,19H,6,10-15H2,1-2H3. The van der Waals surface area contributed by atoms with Crippen LogP contribution in [0.4, 0.5) is 0 Å². The molecule has 1 aromatic carbocycles. The van der Waals surface area contributed by atoms with Crippen LogP contribution in [0.1, 0.15) is 17.5 Å². The molecule has 0 amide bonds. The Morgan fingerprint density at radius 3 is 2.38 bits per heavy atom. The largest absolute Gasteiger partial charge is 0.395 e. The number of hydrogen-bond acceptors (Lipinski definition) is 4. The van der Waals surface area contributed by atoms with Crippen LogP contribution in [0.3, 0.4) is 0 Å². The van der Waals surface area contributed by atoms with Crippen molar-refractivity contribution in [2.75, 3.05) is 47.1 Å². The fourth-order valence-electron chi connectivity index (χ4n) is 1.95. The van der Waals surface area contributed by atoms with Crippen molar-refractivity contribution >= 4 is 0 Å². The Bertz CT molecular complexity index is 443. The summed E-state index contributed by atoms with van der Waals surface area (Å²) in [6.07, 6.45) is 0.505. The highest BCUT2D eigenvalue weighted by atomic mass is 16.5. The normalized spacial score (nSPS) is 10.5. The summed E-state index contributed by atoms with van der Waals surface area (Å²) in [5, 5.41) is 8.81. The molecule has 0 aliphatic rings. The molecule has 116 valence electrons. The van der Waals surface area contributed by atoms with Gasteiger partial charge in [-0.25, -0.2) is 0 Å². The van der Waals surface area contributed by atoms with E-state index in [0.717, 1.165) is 25.2 Å². The van der Waals surface area contributed by atoms with Gasteiger partial charge in [-0.15, -0.1) is 0 Å². The van der Waals surface area contributed by atoms with E-state index in [1.165, 1.54) is 5.56 Å². The number of ether oxygens (including phenoxy) is 2. The first-order valence-corrected chi connectivity index (χ1v) is 7.19. The van der Waals surface area contributed by atoms with E-state index in [1.807, 2.05) is 18.2 Å². The van der Waals surface area contributed by atoms with Crippen LogP contribution >= 0.6 is 0 Å². The Morgan fingerprint density at radius 1 is 1.10 bits per heavy atom. The molecule has 0 aromatic heterocycles. The molecule has 1 rings (SSSR count). The third kappa shape index (κ3) is 7.26. The fraction of sp³-hybridized carbons (Fsp3) is 0.529. The zero-order valence-corrected chi connectivity index (χ0v) is 13.0. The van der Waals surface area contributed by atoms with Crippen molar-refractivity contribution in [1.29, 1.82) is 0 Å². The molecule has 1 aromatic rings. The Morgan fingerprint density at radius 2 is 1.76 bits per heavy atom. The average molecular weight is 291 g/mol. The van der Waals surface area contributed by atoms with Gasteiger partial charge in [0, 0.05) is 45.8 Å². The van der Waals surface area contributed by atoms with E-state index in [-0.39, 0.29) is 6.61 Å². The zero-order chi connectivity index (χ0) is 15.3. The van der Waals surface area contributed by atoms with Gasteiger partial charge in [0.2, 0.25) is 0 Å². The maximum atomic E-state index is 8.81. The van der Waals surface area contributed by atoms with Gasteiger partial charge in [-0.2, -0.15) is 0 Å². The second kappa shape index (κ2) is 11.3. The van der Waals surface area contributed by atoms with Gasteiger partial charge in [-0.1, -0.05) is 30.0 Å². The van der Waals surface area contributed by atoms with Crippen molar-refractivity contribution in [2.45, 2.75) is 13.0 Å². The molecule has 0 aliphatic carbocycles. The Hall–Kier alpha value is -1.38. The van der Waals surface area contributed by atoms with E-state index in [2.05, 4.69) is 22.8 Å². The number of rotatable bonds is 9. The summed E-state index contributed by atoms with van der Waals surface area (Å²) in [5.41, 5.74) is 2.21. The van der Waals surface area contributed by atoms with Crippen LogP contribution in [-0.2, 0) is 16.0 Å². The van der Waals surface area contributed by atoms with Crippen LogP contribution < -0.4 is 0 Å². The summed E-state index contributed by atoms with van der Waals surface area (Å²) in [6, 6.07) is 8.12.